The Morgan fingerprint density at radius 2 is 2.19 bits per heavy atom. The first kappa shape index (κ1) is 10.8. The Morgan fingerprint density at radius 3 is 2.81 bits per heavy atom. The summed E-state index contributed by atoms with van der Waals surface area (Å²) in [5, 5.41) is 4.06. The van der Waals surface area contributed by atoms with Crippen molar-refractivity contribution in [1.82, 2.24) is 10.2 Å². The molecule has 0 spiro atoms. The summed E-state index contributed by atoms with van der Waals surface area (Å²) in [5.41, 5.74) is 0. The number of barbiturate groups is 1. The number of hydrogen-bond acceptors (Lipinski definition) is 4. The fraction of sp³-hybridized carbons (Fsp3) is 0.300. The Balaban J connectivity index is 1.96. The maximum Gasteiger partial charge on any atom is 0.330 e. The number of nitrogens with one attached hydrogen (secondary N) is 1. The third-order valence-electron chi connectivity index (χ3n) is 2.27. The van der Waals surface area contributed by atoms with E-state index in [2.05, 4.69) is 5.32 Å². The van der Waals surface area contributed by atoms with Crippen LogP contribution in [-0.2, 0) is 16.0 Å². The second-order valence-corrected chi connectivity index (χ2v) is 4.44. The number of carbonyl (C=O) groups excluding carboxylic acids is 3. The van der Waals surface area contributed by atoms with E-state index in [-0.39, 0.29) is 6.42 Å². The number of thiophene rings is 1. The standard InChI is InChI=1S/C10H10N2O3S/c13-8-6-9(14)12(10(15)11-8)4-3-7-2-1-5-16-7/h1-2,5H,3-4,6H2,(H,11,13,15). The monoisotopic (exact) mass is 238 g/mol. The average molecular weight is 238 g/mol. The van der Waals surface area contributed by atoms with Gasteiger partial charge < -0.3 is 0 Å². The largest absolute Gasteiger partial charge is 0.330 e. The summed E-state index contributed by atoms with van der Waals surface area (Å²) in [6.07, 6.45) is 0.390. The summed E-state index contributed by atoms with van der Waals surface area (Å²) in [6, 6.07) is 3.25. The smallest absolute Gasteiger partial charge is 0.277 e. The molecule has 0 aromatic carbocycles. The van der Waals surface area contributed by atoms with Crippen molar-refractivity contribution in [3.63, 3.8) is 0 Å². The van der Waals surface area contributed by atoms with Crippen LogP contribution < -0.4 is 5.32 Å². The summed E-state index contributed by atoms with van der Waals surface area (Å²) in [7, 11) is 0. The first-order valence-electron chi connectivity index (χ1n) is 4.83. The van der Waals surface area contributed by atoms with Gasteiger partial charge in [0.05, 0.1) is 0 Å². The molecule has 1 aliphatic heterocycles. The van der Waals surface area contributed by atoms with Crippen LogP contribution in [0, 0.1) is 0 Å². The van der Waals surface area contributed by atoms with Crippen LogP contribution in [0.5, 0.6) is 0 Å². The topological polar surface area (TPSA) is 66.5 Å². The molecule has 1 saturated heterocycles. The van der Waals surface area contributed by atoms with Crippen LogP contribution in [0.3, 0.4) is 0 Å². The van der Waals surface area contributed by atoms with Crippen molar-refractivity contribution in [2.45, 2.75) is 12.8 Å². The van der Waals surface area contributed by atoms with Crippen molar-refractivity contribution in [2.24, 2.45) is 0 Å². The zero-order chi connectivity index (χ0) is 11.5. The lowest BCUT2D eigenvalue weighted by atomic mass is 10.2. The molecule has 2 heterocycles. The Bertz CT molecular complexity index is 407. The number of nitrogens with zero attached hydrogens (tertiary/aromatic N) is 1. The quantitative estimate of drug-likeness (QED) is 0.790. The molecule has 0 aliphatic carbocycles. The minimum absolute atomic E-state index is 0.240. The third kappa shape index (κ3) is 2.27. The van der Waals surface area contributed by atoms with Crippen LogP contribution in [0.2, 0.25) is 0 Å². The van der Waals surface area contributed by atoms with E-state index in [1.807, 2.05) is 17.5 Å². The lowest BCUT2D eigenvalue weighted by molar-refractivity contribution is -0.136. The van der Waals surface area contributed by atoms with Crippen LogP contribution in [0.25, 0.3) is 0 Å². The Morgan fingerprint density at radius 1 is 1.38 bits per heavy atom. The first-order chi connectivity index (χ1) is 7.66. The molecule has 1 aromatic heterocycles. The highest BCUT2D eigenvalue weighted by atomic mass is 32.1. The van der Waals surface area contributed by atoms with E-state index in [0.29, 0.717) is 13.0 Å². The molecule has 0 saturated carbocycles. The van der Waals surface area contributed by atoms with Gasteiger partial charge in [0.1, 0.15) is 6.42 Å². The highest BCUT2D eigenvalue weighted by molar-refractivity contribution is 7.09. The van der Waals surface area contributed by atoms with Crippen molar-refractivity contribution in [3.8, 4) is 0 Å². The van der Waals surface area contributed by atoms with Crippen LogP contribution in [0.1, 0.15) is 11.3 Å². The molecule has 1 fully saturated rings. The van der Waals surface area contributed by atoms with Gasteiger partial charge in [0, 0.05) is 11.4 Å². The highest BCUT2D eigenvalue weighted by Gasteiger charge is 2.30. The normalized spacial score (nSPS) is 16.5. The minimum Gasteiger partial charge on any atom is -0.277 e. The lowest BCUT2D eigenvalue weighted by Gasteiger charge is -2.24. The number of hydrogen-bond donors (Lipinski definition) is 1. The van der Waals surface area contributed by atoms with Crippen molar-refractivity contribution in [1.29, 1.82) is 0 Å². The predicted molar refractivity (Wildman–Crippen MR) is 57.9 cm³/mol. The van der Waals surface area contributed by atoms with Gasteiger partial charge in [-0.25, -0.2) is 4.79 Å². The molecule has 5 nitrogen and oxygen atoms in total. The van der Waals surface area contributed by atoms with E-state index in [0.717, 1.165) is 9.78 Å². The number of rotatable bonds is 3. The molecular weight excluding hydrogens is 228 g/mol. The van der Waals surface area contributed by atoms with E-state index in [9.17, 15) is 14.4 Å². The van der Waals surface area contributed by atoms with E-state index in [1.54, 1.807) is 11.3 Å². The molecule has 84 valence electrons. The number of urea groups is 1. The van der Waals surface area contributed by atoms with Gasteiger partial charge in [-0.2, -0.15) is 0 Å². The molecular formula is C10H10N2O3S. The van der Waals surface area contributed by atoms with Gasteiger partial charge in [-0.3, -0.25) is 19.8 Å². The Hall–Kier alpha value is -1.69. The SMILES string of the molecule is O=C1CC(=O)N(CCc2cccs2)C(=O)N1. The van der Waals surface area contributed by atoms with Gasteiger partial charge in [0.25, 0.3) is 0 Å². The summed E-state index contributed by atoms with van der Waals surface area (Å²) in [5.74, 6) is -0.951. The van der Waals surface area contributed by atoms with Crippen molar-refractivity contribution >= 4 is 29.2 Å². The maximum atomic E-state index is 11.4. The molecule has 1 aliphatic rings. The molecule has 0 bridgehead atoms. The molecule has 16 heavy (non-hydrogen) atoms. The van der Waals surface area contributed by atoms with Gasteiger partial charge in [-0.15, -0.1) is 11.3 Å². The van der Waals surface area contributed by atoms with Gasteiger partial charge in [0.2, 0.25) is 11.8 Å². The third-order valence-corrected chi connectivity index (χ3v) is 3.20. The van der Waals surface area contributed by atoms with Crippen LogP contribution in [0.4, 0.5) is 4.79 Å². The van der Waals surface area contributed by atoms with Gasteiger partial charge in [-0.05, 0) is 17.9 Å². The molecule has 0 atom stereocenters. The summed E-state index contributed by atoms with van der Waals surface area (Å²) in [6.45, 7) is 0.318. The number of amides is 4. The second-order valence-electron chi connectivity index (χ2n) is 3.40. The molecule has 2 rings (SSSR count). The van der Waals surface area contributed by atoms with E-state index >= 15 is 0 Å². The Kier molecular flexibility index (Phi) is 3.00. The summed E-state index contributed by atoms with van der Waals surface area (Å²) < 4.78 is 0. The highest BCUT2D eigenvalue weighted by Crippen LogP contribution is 2.11. The predicted octanol–water partition coefficient (Wildman–Crippen LogP) is 0.759. The number of imide groups is 2. The van der Waals surface area contributed by atoms with E-state index in [1.165, 1.54) is 0 Å². The molecule has 1 N–H and O–H groups in total. The first-order valence-corrected chi connectivity index (χ1v) is 5.71. The van der Waals surface area contributed by atoms with E-state index in [4.69, 9.17) is 0 Å². The second kappa shape index (κ2) is 4.44. The molecule has 0 unspecified atom stereocenters. The van der Waals surface area contributed by atoms with Crippen molar-refractivity contribution in [2.75, 3.05) is 6.54 Å². The summed E-state index contributed by atoms with van der Waals surface area (Å²) in [4.78, 5) is 35.9. The number of carbonyl (C=O) groups is 3. The van der Waals surface area contributed by atoms with Crippen LogP contribution >= 0.6 is 11.3 Å². The Labute approximate surface area is 96.0 Å². The molecule has 4 amide bonds. The summed E-state index contributed by atoms with van der Waals surface area (Å²) >= 11 is 1.58. The molecule has 6 heteroatoms. The van der Waals surface area contributed by atoms with E-state index < -0.39 is 17.8 Å². The van der Waals surface area contributed by atoms with Crippen LogP contribution in [-0.4, -0.2) is 29.3 Å². The van der Waals surface area contributed by atoms with Gasteiger partial charge in [0.15, 0.2) is 0 Å². The van der Waals surface area contributed by atoms with Crippen molar-refractivity contribution < 1.29 is 14.4 Å². The molecule has 0 radical (unpaired) electrons. The zero-order valence-corrected chi connectivity index (χ0v) is 9.25. The average Bonchev–Trinajstić information content (AvgIpc) is 2.68. The molecule has 1 aromatic rings. The van der Waals surface area contributed by atoms with Crippen LogP contribution in [0.15, 0.2) is 17.5 Å². The van der Waals surface area contributed by atoms with Crippen molar-refractivity contribution in [3.05, 3.63) is 22.4 Å². The van der Waals surface area contributed by atoms with Gasteiger partial charge >= 0.3 is 6.03 Å². The fourth-order valence-corrected chi connectivity index (χ4v) is 2.18. The van der Waals surface area contributed by atoms with Gasteiger partial charge in [-0.1, -0.05) is 6.07 Å². The fourth-order valence-electron chi connectivity index (χ4n) is 1.48. The maximum absolute atomic E-state index is 11.4. The minimum atomic E-state index is -0.613. The zero-order valence-electron chi connectivity index (χ0n) is 8.43. The lowest BCUT2D eigenvalue weighted by Crippen LogP contribution is -2.53.